The zero-order chi connectivity index (χ0) is 15.2. The van der Waals surface area contributed by atoms with E-state index in [-0.39, 0.29) is 18.3 Å². The van der Waals surface area contributed by atoms with E-state index in [0.29, 0.717) is 6.61 Å². The first-order chi connectivity index (χ1) is 9.30. The fourth-order valence-corrected chi connectivity index (χ4v) is 1.50. The third-order valence-corrected chi connectivity index (χ3v) is 2.87. The van der Waals surface area contributed by atoms with Crippen LogP contribution in [0.15, 0.2) is 30.3 Å². The molecule has 0 saturated heterocycles. The molecule has 0 aromatic heterocycles. The van der Waals surface area contributed by atoms with E-state index in [1.54, 1.807) is 0 Å². The lowest BCUT2D eigenvalue weighted by molar-refractivity contribution is -0.133. The number of hydrogen-bond acceptors (Lipinski definition) is 3. The van der Waals surface area contributed by atoms with Gasteiger partial charge in [0.25, 0.3) is 0 Å². The second-order valence-electron chi connectivity index (χ2n) is 5.89. The average Bonchev–Trinajstić information content (AvgIpc) is 2.37. The molecule has 110 valence electrons. The summed E-state index contributed by atoms with van der Waals surface area (Å²) in [4.78, 5) is 23.4. The highest BCUT2D eigenvalue weighted by Crippen LogP contribution is 2.13. The normalized spacial score (nSPS) is 12.8. The van der Waals surface area contributed by atoms with Crippen LogP contribution in [-0.2, 0) is 20.9 Å². The number of ketones is 1. The Bertz CT molecular complexity index is 449. The monoisotopic (exact) mass is 277 g/mol. The molecule has 4 nitrogen and oxygen atoms in total. The van der Waals surface area contributed by atoms with Crippen LogP contribution in [0.25, 0.3) is 0 Å². The number of Topliss-reactive ketones (excluding diaryl/α,β-unsaturated/α-hetero) is 1. The van der Waals surface area contributed by atoms with Crippen molar-refractivity contribution in [3.05, 3.63) is 35.9 Å². The molecule has 4 heteroatoms. The van der Waals surface area contributed by atoms with Crippen LogP contribution in [0.5, 0.6) is 0 Å². The highest BCUT2D eigenvalue weighted by atomic mass is 16.5. The quantitative estimate of drug-likeness (QED) is 0.868. The van der Waals surface area contributed by atoms with Crippen LogP contribution in [0.3, 0.4) is 0 Å². The summed E-state index contributed by atoms with van der Waals surface area (Å²) in [6.45, 7) is 7.50. The van der Waals surface area contributed by atoms with Crippen molar-refractivity contribution in [1.82, 2.24) is 5.32 Å². The molecule has 20 heavy (non-hydrogen) atoms. The van der Waals surface area contributed by atoms with E-state index in [2.05, 4.69) is 5.32 Å². The molecule has 0 fully saturated rings. The van der Waals surface area contributed by atoms with Crippen LogP contribution in [0.1, 0.15) is 33.3 Å². The van der Waals surface area contributed by atoms with Crippen molar-refractivity contribution in [2.24, 2.45) is 5.41 Å². The van der Waals surface area contributed by atoms with Gasteiger partial charge in [0.2, 0.25) is 5.91 Å². The number of carbonyl (C=O) groups is 2. The van der Waals surface area contributed by atoms with Crippen LogP contribution in [-0.4, -0.2) is 24.3 Å². The third kappa shape index (κ3) is 5.53. The Labute approximate surface area is 120 Å². The highest BCUT2D eigenvalue weighted by molar-refractivity contribution is 5.89. The van der Waals surface area contributed by atoms with Crippen molar-refractivity contribution in [3.8, 4) is 0 Å². The second-order valence-corrected chi connectivity index (χ2v) is 5.89. The number of amides is 1. The molecular formula is C16H23NO3. The van der Waals surface area contributed by atoms with Gasteiger partial charge in [0.1, 0.15) is 6.04 Å². The molecule has 0 aliphatic heterocycles. The summed E-state index contributed by atoms with van der Waals surface area (Å²) in [5.74, 6) is -0.253. The molecule has 1 aromatic carbocycles. The lowest BCUT2D eigenvalue weighted by atomic mass is 9.95. The topological polar surface area (TPSA) is 55.4 Å². The number of hydrogen-bond donors (Lipinski definition) is 1. The molecule has 1 rings (SSSR count). The average molecular weight is 277 g/mol. The Balaban J connectivity index is 2.48. The molecule has 0 saturated carbocycles. The van der Waals surface area contributed by atoms with Crippen LogP contribution in [0.4, 0.5) is 0 Å². The summed E-state index contributed by atoms with van der Waals surface area (Å²) in [6, 6.07) is 9.12. The maximum absolute atomic E-state index is 11.9. The summed E-state index contributed by atoms with van der Waals surface area (Å²) < 4.78 is 5.52. The summed E-state index contributed by atoms with van der Waals surface area (Å²) in [7, 11) is 0. The van der Waals surface area contributed by atoms with Crippen LogP contribution < -0.4 is 5.32 Å². The van der Waals surface area contributed by atoms with E-state index in [4.69, 9.17) is 4.74 Å². The van der Waals surface area contributed by atoms with Crippen molar-refractivity contribution >= 4 is 11.7 Å². The molecule has 1 aromatic rings. The molecule has 1 N–H and O–H groups in total. The van der Waals surface area contributed by atoms with Crippen molar-refractivity contribution in [3.63, 3.8) is 0 Å². The van der Waals surface area contributed by atoms with Gasteiger partial charge in [-0.3, -0.25) is 9.59 Å². The number of ether oxygens (including phenoxy) is 1. The maximum Gasteiger partial charge on any atom is 0.226 e. The number of benzene rings is 1. The molecule has 0 aliphatic carbocycles. The Morgan fingerprint density at radius 1 is 1.20 bits per heavy atom. The van der Waals surface area contributed by atoms with Gasteiger partial charge >= 0.3 is 0 Å². The van der Waals surface area contributed by atoms with E-state index in [1.807, 2.05) is 51.1 Å². The van der Waals surface area contributed by atoms with Crippen molar-refractivity contribution in [1.29, 1.82) is 0 Å². The lowest BCUT2D eigenvalue weighted by Crippen LogP contribution is -2.47. The van der Waals surface area contributed by atoms with Gasteiger partial charge in [-0.25, -0.2) is 0 Å². The van der Waals surface area contributed by atoms with Crippen LogP contribution in [0.2, 0.25) is 0 Å². The number of carbonyl (C=O) groups excluding carboxylic acids is 2. The van der Waals surface area contributed by atoms with Gasteiger partial charge in [-0.2, -0.15) is 0 Å². The van der Waals surface area contributed by atoms with E-state index >= 15 is 0 Å². The predicted molar refractivity (Wildman–Crippen MR) is 78.2 cm³/mol. The SMILES string of the molecule is CC(=O)[C@@H](COCc1ccccc1)NC(=O)C(C)(C)C. The first-order valence-corrected chi connectivity index (χ1v) is 6.74. The lowest BCUT2D eigenvalue weighted by Gasteiger charge is -2.22. The Hall–Kier alpha value is -1.68. The van der Waals surface area contributed by atoms with Gasteiger partial charge in [0.05, 0.1) is 13.2 Å². The molecule has 0 heterocycles. The number of rotatable bonds is 6. The van der Waals surface area contributed by atoms with E-state index in [1.165, 1.54) is 6.92 Å². The molecule has 0 radical (unpaired) electrons. The van der Waals surface area contributed by atoms with Crippen molar-refractivity contribution < 1.29 is 14.3 Å². The Morgan fingerprint density at radius 2 is 1.80 bits per heavy atom. The number of nitrogens with one attached hydrogen (secondary N) is 1. The van der Waals surface area contributed by atoms with E-state index in [0.717, 1.165) is 5.56 Å². The van der Waals surface area contributed by atoms with Crippen LogP contribution >= 0.6 is 0 Å². The molecule has 1 amide bonds. The van der Waals surface area contributed by atoms with Crippen LogP contribution in [0, 0.1) is 5.41 Å². The van der Waals surface area contributed by atoms with Crippen molar-refractivity contribution in [2.75, 3.05) is 6.61 Å². The third-order valence-electron chi connectivity index (χ3n) is 2.87. The minimum Gasteiger partial charge on any atom is -0.374 e. The van der Waals surface area contributed by atoms with Gasteiger partial charge in [0, 0.05) is 5.41 Å². The zero-order valence-electron chi connectivity index (χ0n) is 12.6. The van der Waals surface area contributed by atoms with E-state index in [9.17, 15) is 9.59 Å². The fourth-order valence-electron chi connectivity index (χ4n) is 1.50. The smallest absolute Gasteiger partial charge is 0.226 e. The molecule has 0 bridgehead atoms. The largest absolute Gasteiger partial charge is 0.374 e. The molecule has 0 unspecified atom stereocenters. The van der Waals surface area contributed by atoms with Gasteiger partial charge < -0.3 is 10.1 Å². The highest BCUT2D eigenvalue weighted by Gasteiger charge is 2.25. The minimum atomic E-state index is -0.592. The fraction of sp³-hybridized carbons (Fsp3) is 0.500. The molecule has 0 spiro atoms. The van der Waals surface area contributed by atoms with Gasteiger partial charge in [-0.1, -0.05) is 51.1 Å². The molecule has 1 atom stereocenters. The maximum atomic E-state index is 11.9. The molecule has 0 aliphatic rings. The van der Waals surface area contributed by atoms with Gasteiger partial charge in [0.15, 0.2) is 5.78 Å². The summed E-state index contributed by atoms with van der Waals surface area (Å²) in [5.41, 5.74) is 0.518. The summed E-state index contributed by atoms with van der Waals surface area (Å²) >= 11 is 0. The van der Waals surface area contributed by atoms with E-state index < -0.39 is 11.5 Å². The van der Waals surface area contributed by atoms with Crippen molar-refractivity contribution in [2.45, 2.75) is 40.3 Å². The second kappa shape index (κ2) is 7.20. The van der Waals surface area contributed by atoms with Gasteiger partial charge in [-0.05, 0) is 12.5 Å². The zero-order valence-corrected chi connectivity index (χ0v) is 12.6. The first-order valence-electron chi connectivity index (χ1n) is 6.74. The van der Waals surface area contributed by atoms with Gasteiger partial charge in [-0.15, -0.1) is 0 Å². The summed E-state index contributed by atoms with van der Waals surface area (Å²) in [6.07, 6.45) is 0. The summed E-state index contributed by atoms with van der Waals surface area (Å²) in [5, 5.41) is 2.73. The molecular weight excluding hydrogens is 254 g/mol. The Morgan fingerprint density at radius 3 is 2.30 bits per heavy atom. The Kier molecular flexibility index (Phi) is 5.89. The first kappa shape index (κ1) is 16.4. The standard InChI is InChI=1S/C16H23NO3/c1-12(18)14(17-15(19)16(2,3)4)11-20-10-13-8-6-5-7-9-13/h5-9,14H,10-11H2,1-4H3,(H,17,19)/t14-/m1/s1. The predicted octanol–water partition coefficient (Wildman–Crippen LogP) is 2.32. The minimum absolute atomic E-state index is 0.101.